The zero-order valence-electron chi connectivity index (χ0n) is 32.9. The van der Waals surface area contributed by atoms with Crippen molar-refractivity contribution < 1.29 is 18.3 Å². The van der Waals surface area contributed by atoms with Crippen LogP contribution in [0.25, 0.3) is 33.3 Å². The van der Waals surface area contributed by atoms with E-state index in [0.29, 0.717) is 11.8 Å². The highest BCUT2D eigenvalue weighted by molar-refractivity contribution is 5.94. The van der Waals surface area contributed by atoms with Gasteiger partial charge in [-0.05, 0) is 132 Å². The molecule has 0 bridgehead atoms. The lowest BCUT2D eigenvalue weighted by molar-refractivity contribution is 0.475. The van der Waals surface area contributed by atoms with Crippen molar-refractivity contribution in [3.63, 3.8) is 0 Å². The summed E-state index contributed by atoms with van der Waals surface area (Å²) in [7, 11) is 0. The van der Waals surface area contributed by atoms with Crippen LogP contribution in [-0.2, 0) is 0 Å². The molecule has 62 heavy (non-hydrogen) atoms. The van der Waals surface area contributed by atoms with Crippen LogP contribution in [0.1, 0.15) is 11.8 Å². The second-order valence-electron chi connectivity index (χ2n) is 16.1. The van der Waals surface area contributed by atoms with Gasteiger partial charge in [0.05, 0.1) is 22.7 Å². The summed E-state index contributed by atoms with van der Waals surface area (Å²) < 4.78 is 26.3. The Hall–Kier alpha value is -8.36. The number of rotatable bonds is 4. The van der Waals surface area contributed by atoms with Crippen LogP contribution in [0.15, 0.2) is 225 Å². The Labute approximate surface area is 355 Å². The van der Waals surface area contributed by atoms with E-state index in [1.54, 1.807) is 0 Å². The van der Waals surface area contributed by atoms with Crippen molar-refractivity contribution in [3.05, 3.63) is 228 Å². The van der Waals surface area contributed by atoms with Gasteiger partial charge in [0.1, 0.15) is 11.0 Å². The molecule has 6 aromatic carbocycles. The second-order valence-corrected chi connectivity index (χ2v) is 16.1. The maximum atomic E-state index is 6.67. The van der Waals surface area contributed by atoms with E-state index >= 15 is 0 Å². The van der Waals surface area contributed by atoms with Crippen LogP contribution in [-0.4, -0.2) is 9.97 Å². The third-order valence-electron chi connectivity index (χ3n) is 12.6. The third-order valence-corrected chi connectivity index (χ3v) is 12.6. The topological polar surface area (TPSA) is 77.0 Å². The fraction of sp³-hybridized carbons (Fsp3) is 0.0370. The van der Waals surface area contributed by atoms with E-state index in [2.05, 4.69) is 94.8 Å². The predicted octanol–water partition coefficient (Wildman–Crippen LogP) is 13.5. The van der Waals surface area contributed by atoms with Crippen molar-refractivity contribution in [3.8, 4) is 23.0 Å². The van der Waals surface area contributed by atoms with Gasteiger partial charge in [-0.25, -0.2) is 9.97 Å². The maximum absolute atomic E-state index is 6.67. The number of allylic oxidation sites excluding steroid dienone is 12. The van der Waals surface area contributed by atoms with Crippen molar-refractivity contribution in [2.45, 2.75) is 0 Å². The summed E-state index contributed by atoms with van der Waals surface area (Å²) in [6.45, 7) is 0. The van der Waals surface area contributed by atoms with Gasteiger partial charge in [0.15, 0.2) is 34.2 Å². The number of hydrogen-bond acceptors (Lipinski definition) is 8. The number of nitrogens with zero attached hydrogens (tertiary/aromatic N) is 4. The van der Waals surface area contributed by atoms with Gasteiger partial charge in [0.2, 0.25) is 11.8 Å². The number of hydrogen-bond donors (Lipinski definition) is 0. The van der Waals surface area contributed by atoms with E-state index in [-0.39, 0.29) is 11.8 Å². The summed E-state index contributed by atoms with van der Waals surface area (Å²) in [6, 6.07) is 48.8. The molecule has 2 unspecified atom stereocenters. The molecule has 8 nitrogen and oxygen atoms in total. The molecule has 2 aliphatic heterocycles. The van der Waals surface area contributed by atoms with Crippen LogP contribution in [0.5, 0.6) is 23.0 Å². The minimum absolute atomic E-state index is 0.0725. The normalized spacial score (nSPS) is 19.0. The first-order chi connectivity index (χ1) is 30.7. The SMILES string of the molecule is C1=C(c2nc3ccccc3o2)C2=CC(N3c4ccccc4Oc4ccccc43)=CC3=CC(c4nc5ccccc5o4)=C4C=C(N5c6ccccc6Oc6ccccc65)C=C1C4C32. The molecule has 0 amide bonds. The van der Waals surface area contributed by atoms with Crippen LogP contribution in [0.2, 0.25) is 0 Å². The Morgan fingerprint density at radius 3 is 1.44 bits per heavy atom. The second kappa shape index (κ2) is 12.6. The Morgan fingerprint density at radius 1 is 0.403 bits per heavy atom. The quantitative estimate of drug-likeness (QED) is 0.174. The lowest BCUT2D eigenvalue weighted by atomic mass is 9.60. The molecule has 2 atom stereocenters. The minimum atomic E-state index is -0.0725. The summed E-state index contributed by atoms with van der Waals surface area (Å²) in [5, 5.41) is 0. The Kier molecular flexibility index (Phi) is 6.79. The number of aromatic nitrogens is 2. The molecular formula is C54H32N4O4. The first kappa shape index (κ1) is 33.5. The Balaban J connectivity index is 1.06. The smallest absolute Gasteiger partial charge is 0.227 e. The summed E-state index contributed by atoms with van der Waals surface area (Å²) in [4.78, 5) is 14.9. The molecule has 0 saturated heterocycles. The Bertz CT molecular complexity index is 3360. The monoisotopic (exact) mass is 800 g/mol. The van der Waals surface area contributed by atoms with Gasteiger partial charge in [-0.3, -0.25) is 0 Å². The van der Waals surface area contributed by atoms with Crippen LogP contribution in [0.3, 0.4) is 0 Å². The summed E-state index contributed by atoms with van der Waals surface area (Å²) >= 11 is 0. The van der Waals surface area contributed by atoms with E-state index < -0.39 is 0 Å². The van der Waals surface area contributed by atoms with Crippen LogP contribution in [0.4, 0.5) is 22.7 Å². The standard InChI is InChI=1S/C54H32N4O4/c1-7-19-45-39(13-1)55-53(61-45)37-27-31-25-34(58-43-17-5-11-23-49(43)60-50-24-12-6-18-44(50)58)30-36-38(54-56-40-14-2-8-20-46(40)62-54)28-32-26-33(29-35(37)51(32)52(31)36)57-41-15-3-9-21-47(41)59-48-22-10-4-16-42(48)57/h1-30,51-52H. The van der Waals surface area contributed by atoms with Gasteiger partial charge in [-0.1, -0.05) is 72.8 Å². The number of anilines is 4. The minimum Gasteiger partial charge on any atom is -0.453 e. The molecule has 8 heteroatoms. The molecule has 0 N–H and O–H groups in total. The van der Waals surface area contributed by atoms with Gasteiger partial charge in [0.25, 0.3) is 0 Å². The van der Waals surface area contributed by atoms with Crippen LogP contribution in [0, 0.1) is 11.8 Å². The number of benzene rings is 6. The zero-order valence-corrected chi connectivity index (χ0v) is 32.9. The largest absolute Gasteiger partial charge is 0.453 e. The zero-order chi connectivity index (χ0) is 40.5. The highest BCUT2D eigenvalue weighted by Crippen LogP contribution is 2.59. The van der Waals surface area contributed by atoms with Crippen molar-refractivity contribution in [1.29, 1.82) is 0 Å². The van der Waals surface area contributed by atoms with Crippen molar-refractivity contribution >= 4 is 56.1 Å². The van der Waals surface area contributed by atoms with Gasteiger partial charge in [-0.15, -0.1) is 0 Å². The van der Waals surface area contributed by atoms with Gasteiger partial charge in [-0.2, -0.15) is 0 Å². The predicted molar refractivity (Wildman–Crippen MR) is 241 cm³/mol. The highest BCUT2D eigenvalue weighted by Gasteiger charge is 2.46. The first-order valence-electron chi connectivity index (χ1n) is 20.8. The molecule has 2 aromatic heterocycles. The molecule has 4 aliphatic carbocycles. The van der Waals surface area contributed by atoms with Gasteiger partial charge in [0, 0.05) is 34.4 Å². The van der Waals surface area contributed by atoms with E-state index in [1.807, 2.05) is 97.1 Å². The van der Waals surface area contributed by atoms with E-state index in [9.17, 15) is 0 Å². The van der Waals surface area contributed by atoms with Crippen molar-refractivity contribution in [1.82, 2.24) is 9.97 Å². The molecule has 292 valence electrons. The molecule has 0 saturated carbocycles. The van der Waals surface area contributed by atoms with Crippen molar-refractivity contribution in [2.75, 3.05) is 9.80 Å². The van der Waals surface area contributed by atoms with E-state index in [0.717, 1.165) is 113 Å². The van der Waals surface area contributed by atoms with Crippen LogP contribution >= 0.6 is 0 Å². The fourth-order valence-corrected chi connectivity index (χ4v) is 10.0. The lowest BCUT2D eigenvalue weighted by Gasteiger charge is -2.45. The molecule has 0 spiro atoms. The molecule has 4 heterocycles. The molecule has 8 aromatic rings. The molecule has 0 radical (unpaired) electrons. The van der Waals surface area contributed by atoms with Crippen LogP contribution < -0.4 is 19.3 Å². The third kappa shape index (κ3) is 4.83. The summed E-state index contributed by atoms with van der Waals surface area (Å²) in [5.41, 5.74) is 15.3. The van der Waals surface area contributed by atoms with Gasteiger partial charge < -0.3 is 28.1 Å². The maximum Gasteiger partial charge on any atom is 0.227 e. The number of ether oxygens (including phenoxy) is 2. The number of fused-ring (bicyclic) bond motifs is 6. The average Bonchev–Trinajstić information content (AvgIpc) is 3.96. The number of oxazole rings is 2. The molecular weight excluding hydrogens is 769 g/mol. The molecule has 6 aliphatic rings. The van der Waals surface area contributed by atoms with Crippen molar-refractivity contribution in [2.24, 2.45) is 11.8 Å². The summed E-state index contributed by atoms with van der Waals surface area (Å²) in [6.07, 6.45) is 13.9. The summed E-state index contributed by atoms with van der Waals surface area (Å²) in [5.74, 6) is 4.17. The lowest BCUT2D eigenvalue weighted by Crippen LogP contribution is -2.34. The first-order valence-corrected chi connectivity index (χ1v) is 20.8. The average molecular weight is 801 g/mol. The fourth-order valence-electron chi connectivity index (χ4n) is 10.0. The highest BCUT2D eigenvalue weighted by atomic mass is 16.5. The van der Waals surface area contributed by atoms with E-state index in [1.165, 1.54) is 0 Å². The molecule has 0 fully saturated rings. The Morgan fingerprint density at radius 2 is 0.871 bits per heavy atom. The molecule has 14 rings (SSSR count). The number of para-hydroxylation sites is 12. The van der Waals surface area contributed by atoms with E-state index in [4.69, 9.17) is 28.3 Å². The van der Waals surface area contributed by atoms with Gasteiger partial charge >= 0.3 is 0 Å².